The Labute approximate surface area is 304 Å². The molecule has 9 rings (SSSR count). The number of allylic oxidation sites excluding steroid dienone is 2. The molecule has 0 aliphatic rings. The van der Waals surface area contributed by atoms with Gasteiger partial charge in [0.25, 0.3) is 0 Å². The van der Waals surface area contributed by atoms with Crippen molar-refractivity contribution in [2.75, 3.05) is 6.54 Å². The van der Waals surface area contributed by atoms with Gasteiger partial charge >= 0.3 is 0 Å². The summed E-state index contributed by atoms with van der Waals surface area (Å²) in [6.07, 6.45) is 14.3. The number of nitrogens with zero attached hydrogens (tertiary/aromatic N) is 10. The second kappa shape index (κ2) is 13.5. The summed E-state index contributed by atoms with van der Waals surface area (Å²) < 4.78 is 0. The summed E-state index contributed by atoms with van der Waals surface area (Å²) in [5.41, 5.74) is 5.00. The molecule has 0 bridgehead atoms. The van der Waals surface area contributed by atoms with Crippen LogP contribution in [-0.2, 0) is 0 Å². The molecule has 0 amide bonds. The molecule has 0 aliphatic carbocycles. The molecule has 5 aromatic heterocycles. The van der Waals surface area contributed by atoms with Crippen molar-refractivity contribution >= 4 is 44.1 Å². The number of benzene rings is 4. The van der Waals surface area contributed by atoms with E-state index in [2.05, 4.69) is 68.5 Å². The topological polar surface area (TPSA) is 128 Å². The van der Waals surface area contributed by atoms with Crippen molar-refractivity contribution in [1.82, 2.24) is 44.9 Å². The second-order valence-corrected chi connectivity index (χ2v) is 12.4. The molecule has 0 saturated heterocycles. The standard InChI is InChI=1S/C43H30N10/c1-3-26(22-44-4-2)38-48-39(29-8-5-19-45-23-29)51-42(50-38)34-17-13-27-12-16-33-35(18-14-28-11-15-32(34)36(27)37(28)33)43-52-40(30-9-6-20-46-24-30)49-41(53-43)31-10-7-21-47-25-31/h3,5-25H,4H2,1-2H3/b26-3+,44-22?. The first kappa shape index (κ1) is 31.8. The van der Waals surface area contributed by atoms with Gasteiger partial charge < -0.3 is 0 Å². The smallest absolute Gasteiger partial charge is 0.165 e. The first-order chi connectivity index (χ1) is 26.2. The van der Waals surface area contributed by atoms with E-state index in [9.17, 15) is 0 Å². The number of hydrogen-bond donors (Lipinski definition) is 0. The molecule has 0 spiro atoms. The van der Waals surface area contributed by atoms with Crippen LogP contribution in [0.3, 0.4) is 0 Å². The summed E-state index contributed by atoms with van der Waals surface area (Å²) in [6, 6.07) is 28.6. The lowest BCUT2D eigenvalue weighted by Gasteiger charge is -2.16. The number of pyridine rings is 3. The third-order valence-corrected chi connectivity index (χ3v) is 9.16. The molecule has 5 heterocycles. The minimum atomic E-state index is 0.537. The first-order valence-electron chi connectivity index (χ1n) is 17.3. The van der Waals surface area contributed by atoms with E-state index in [-0.39, 0.29) is 0 Å². The highest BCUT2D eigenvalue weighted by Crippen LogP contribution is 2.42. The van der Waals surface area contributed by atoms with Crippen molar-refractivity contribution in [2.24, 2.45) is 4.99 Å². The Morgan fingerprint density at radius 1 is 0.528 bits per heavy atom. The lowest BCUT2D eigenvalue weighted by molar-refractivity contribution is 1.04. The van der Waals surface area contributed by atoms with Gasteiger partial charge in [-0.25, -0.2) is 29.9 Å². The first-order valence-corrected chi connectivity index (χ1v) is 17.3. The average molecular weight is 687 g/mol. The number of aliphatic imine (C=N–C) groups is 1. The third kappa shape index (κ3) is 5.81. The molecular weight excluding hydrogens is 657 g/mol. The Hall–Kier alpha value is -7.20. The Kier molecular flexibility index (Phi) is 8.09. The highest BCUT2D eigenvalue weighted by atomic mass is 15.0. The zero-order chi connectivity index (χ0) is 35.7. The van der Waals surface area contributed by atoms with Crippen LogP contribution in [0.2, 0.25) is 0 Å². The van der Waals surface area contributed by atoms with Crippen molar-refractivity contribution in [3.05, 3.63) is 134 Å². The molecule has 0 fully saturated rings. The summed E-state index contributed by atoms with van der Waals surface area (Å²) in [7, 11) is 0. The molecule has 53 heavy (non-hydrogen) atoms. The van der Waals surface area contributed by atoms with Crippen LogP contribution in [0, 0.1) is 0 Å². The maximum absolute atomic E-state index is 5.04. The highest BCUT2D eigenvalue weighted by molar-refractivity contribution is 6.27. The van der Waals surface area contributed by atoms with Crippen LogP contribution >= 0.6 is 0 Å². The van der Waals surface area contributed by atoms with Crippen LogP contribution in [-0.4, -0.2) is 57.6 Å². The van der Waals surface area contributed by atoms with Gasteiger partial charge in [-0.1, -0.05) is 42.5 Å². The van der Waals surface area contributed by atoms with Crippen LogP contribution in [0.4, 0.5) is 0 Å². The summed E-state index contributed by atoms with van der Waals surface area (Å²) >= 11 is 0. The molecule has 10 heteroatoms. The fraction of sp³-hybridized carbons (Fsp3) is 0.0698. The van der Waals surface area contributed by atoms with E-state index in [4.69, 9.17) is 29.9 Å². The summed E-state index contributed by atoms with van der Waals surface area (Å²) in [5.74, 6) is 3.29. The minimum Gasteiger partial charge on any atom is -0.293 e. The number of aromatic nitrogens is 9. The fourth-order valence-corrected chi connectivity index (χ4v) is 6.64. The SMILES string of the molecule is C/C=C(\C=NCC)c1nc(-c2cccnc2)nc(-c2ccc3ccc4c(-c5nc(-c6cccnc6)nc(-c6cccnc6)n5)ccc5ccc2c3c54)n1. The number of rotatable bonds is 8. The zero-order valence-corrected chi connectivity index (χ0v) is 28.9. The van der Waals surface area contributed by atoms with Gasteiger partial charge in [-0.15, -0.1) is 0 Å². The average Bonchev–Trinajstić information content (AvgIpc) is 3.23. The summed E-state index contributed by atoms with van der Waals surface area (Å²) in [4.78, 5) is 47.2. The summed E-state index contributed by atoms with van der Waals surface area (Å²) in [6.45, 7) is 4.62. The van der Waals surface area contributed by atoms with E-state index >= 15 is 0 Å². The van der Waals surface area contributed by atoms with Crippen molar-refractivity contribution in [3.63, 3.8) is 0 Å². The van der Waals surface area contributed by atoms with E-state index in [1.165, 1.54) is 0 Å². The molecular formula is C43H30N10. The van der Waals surface area contributed by atoms with Crippen LogP contribution in [0.15, 0.2) is 133 Å². The van der Waals surface area contributed by atoms with Crippen LogP contribution in [0.1, 0.15) is 19.7 Å². The van der Waals surface area contributed by atoms with Crippen molar-refractivity contribution in [1.29, 1.82) is 0 Å². The summed E-state index contributed by atoms with van der Waals surface area (Å²) in [5, 5.41) is 6.48. The van der Waals surface area contributed by atoms with Gasteiger partial charge in [0.2, 0.25) is 0 Å². The van der Waals surface area contributed by atoms with Crippen molar-refractivity contribution < 1.29 is 0 Å². The molecule has 0 N–H and O–H groups in total. The molecule has 4 aromatic carbocycles. The Morgan fingerprint density at radius 2 is 0.962 bits per heavy atom. The van der Waals surface area contributed by atoms with Gasteiger partial charge in [0.15, 0.2) is 34.9 Å². The Morgan fingerprint density at radius 3 is 1.42 bits per heavy atom. The molecule has 9 aromatic rings. The number of hydrogen-bond acceptors (Lipinski definition) is 10. The minimum absolute atomic E-state index is 0.537. The molecule has 0 saturated carbocycles. The van der Waals surface area contributed by atoms with E-state index < -0.39 is 0 Å². The van der Waals surface area contributed by atoms with Crippen LogP contribution < -0.4 is 0 Å². The molecule has 0 unspecified atom stereocenters. The Bertz CT molecular complexity index is 2760. The molecule has 252 valence electrons. The van der Waals surface area contributed by atoms with E-state index in [1.54, 1.807) is 37.2 Å². The maximum Gasteiger partial charge on any atom is 0.165 e. The second-order valence-electron chi connectivity index (χ2n) is 12.4. The molecule has 0 radical (unpaired) electrons. The largest absolute Gasteiger partial charge is 0.293 e. The van der Waals surface area contributed by atoms with Gasteiger partial charge in [-0.2, -0.15) is 0 Å². The van der Waals surface area contributed by atoms with E-state index in [0.717, 1.165) is 65.7 Å². The van der Waals surface area contributed by atoms with Crippen LogP contribution in [0.5, 0.6) is 0 Å². The molecule has 0 atom stereocenters. The normalized spacial score (nSPS) is 12.1. The molecule has 0 aliphatic heterocycles. The van der Waals surface area contributed by atoms with E-state index in [0.29, 0.717) is 41.5 Å². The van der Waals surface area contributed by atoms with Gasteiger partial charge in [0.1, 0.15) is 0 Å². The Balaban J connectivity index is 1.27. The van der Waals surface area contributed by atoms with Gasteiger partial charge in [-0.3, -0.25) is 19.9 Å². The highest BCUT2D eigenvalue weighted by Gasteiger charge is 2.20. The fourth-order valence-electron chi connectivity index (χ4n) is 6.64. The lowest BCUT2D eigenvalue weighted by atomic mass is 9.89. The lowest BCUT2D eigenvalue weighted by Crippen LogP contribution is -2.04. The monoisotopic (exact) mass is 686 g/mol. The third-order valence-electron chi connectivity index (χ3n) is 9.16. The van der Waals surface area contributed by atoms with Gasteiger partial charge in [0.05, 0.1) is 0 Å². The van der Waals surface area contributed by atoms with Crippen molar-refractivity contribution in [3.8, 4) is 56.9 Å². The van der Waals surface area contributed by atoms with Crippen molar-refractivity contribution in [2.45, 2.75) is 13.8 Å². The van der Waals surface area contributed by atoms with E-state index in [1.807, 2.05) is 62.5 Å². The van der Waals surface area contributed by atoms with Crippen LogP contribution in [0.25, 0.3) is 94.8 Å². The predicted molar refractivity (Wildman–Crippen MR) is 210 cm³/mol. The maximum atomic E-state index is 5.04. The predicted octanol–water partition coefficient (Wildman–Crippen LogP) is 8.97. The van der Waals surface area contributed by atoms with Gasteiger partial charge in [-0.05, 0) is 94.7 Å². The molecule has 10 nitrogen and oxygen atoms in total. The quantitative estimate of drug-likeness (QED) is 0.114. The van der Waals surface area contributed by atoms with Gasteiger partial charge in [0, 0.05) is 83.3 Å². The zero-order valence-electron chi connectivity index (χ0n) is 28.9.